The number of pyridine rings is 1. The lowest BCUT2D eigenvalue weighted by molar-refractivity contribution is -0.142. The van der Waals surface area contributed by atoms with Crippen molar-refractivity contribution in [2.75, 3.05) is 66.4 Å². The van der Waals surface area contributed by atoms with Crippen LogP contribution in [0, 0.1) is 0 Å². The van der Waals surface area contributed by atoms with Crippen molar-refractivity contribution in [1.82, 2.24) is 30.0 Å². The third kappa shape index (κ3) is 16.4. The molecule has 0 bridgehead atoms. The second-order valence-corrected chi connectivity index (χ2v) is 19.7. The average molecular weight is 1030 g/mol. The van der Waals surface area contributed by atoms with Gasteiger partial charge in [-0.1, -0.05) is 66.7 Å². The van der Waals surface area contributed by atoms with Crippen molar-refractivity contribution in [2.24, 2.45) is 12.0 Å². The first-order chi connectivity index (χ1) is 34.7. The van der Waals surface area contributed by atoms with Crippen molar-refractivity contribution >= 4 is 54.8 Å². The van der Waals surface area contributed by atoms with Crippen LogP contribution in [-0.4, -0.2) is 118 Å². The van der Waals surface area contributed by atoms with E-state index in [1.165, 1.54) is 42.6 Å². The van der Waals surface area contributed by atoms with E-state index in [1.54, 1.807) is 35.9 Å². The Kier molecular flexibility index (Phi) is 20.6. The zero-order chi connectivity index (χ0) is 51.4. The number of benzene rings is 4. The Hall–Kier alpha value is -6.79. The number of hydrogen-bond donors (Lipinski definition) is 5. The summed E-state index contributed by atoms with van der Waals surface area (Å²) in [6.45, 7) is 2.84. The van der Waals surface area contributed by atoms with Crippen molar-refractivity contribution < 1.29 is 54.9 Å². The molecule has 5 aromatic rings. The number of sulfonamides is 2. The van der Waals surface area contributed by atoms with Crippen LogP contribution in [0.4, 0.5) is 4.79 Å². The smallest absolute Gasteiger partial charge is 0.407 e. The van der Waals surface area contributed by atoms with E-state index in [1.807, 2.05) is 48.7 Å². The number of rotatable bonds is 28. The number of fused-ring (bicyclic) bond motifs is 1. The second kappa shape index (κ2) is 27.1. The number of ether oxygens (including phenoxy) is 5. The number of amides is 2. The van der Waals surface area contributed by atoms with Crippen LogP contribution in [0.25, 0.3) is 22.0 Å². The van der Waals surface area contributed by atoms with Gasteiger partial charge in [-0.3, -0.25) is 19.4 Å². The second-order valence-electron chi connectivity index (χ2n) is 16.2. The maximum Gasteiger partial charge on any atom is 0.407 e. The van der Waals surface area contributed by atoms with Gasteiger partial charge in [-0.25, -0.2) is 26.4 Å². The molecule has 2 heterocycles. The van der Waals surface area contributed by atoms with E-state index in [0.717, 1.165) is 24.1 Å². The summed E-state index contributed by atoms with van der Waals surface area (Å²) in [5.74, 6) is -0.955. The molecule has 5 N–H and O–H groups in total. The van der Waals surface area contributed by atoms with Crippen molar-refractivity contribution in [2.45, 2.75) is 48.2 Å². The van der Waals surface area contributed by atoms with Gasteiger partial charge >= 0.3 is 12.1 Å². The van der Waals surface area contributed by atoms with E-state index in [-0.39, 0.29) is 28.5 Å². The van der Waals surface area contributed by atoms with Gasteiger partial charge in [-0.2, -0.15) is 4.72 Å². The van der Waals surface area contributed by atoms with Gasteiger partial charge in [0.2, 0.25) is 25.5 Å². The van der Waals surface area contributed by atoms with Crippen LogP contribution >= 0.6 is 0 Å². The lowest BCUT2D eigenvalue weighted by atomic mass is 10.1. The Balaban J connectivity index is 0.876. The first kappa shape index (κ1) is 54.5. The van der Waals surface area contributed by atoms with Gasteiger partial charge in [-0.15, -0.1) is 0 Å². The zero-order valence-electron chi connectivity index (χ0n) is 40.0. The van der Waals surface area contributed by atoms with Crippen molar-refractivity contribution in [3.8, 4) is 11.1 Å². The maximum atomic E-state index is 13.5. The Morgan fingerprint density at radius 1 is 0.750 bits per heavy atom. The van der Waals surface area contributed by atoms with Gasteiger partial charge in [0.25, 0.3) is 5.91 Å². The number of aliphatic imine (C=N–C) groups is 1. The molecule has 0 saturated carbocycles. The highest BCUT2D eigenvalue weighted by Gasteiger charge is 2.28. The van der Waals surface area contributed by atoms with E-state index in [2.05, 4.69) is 30.4 Å². The summed E-state index contributed by atoms with van der Waals surface area (Å²) in [4.78, 5) is 55.6. The van der Waals surface area contributed by atoms with E-state index >= 15 is 0 Å². The number of methoxy groups -OCH3 is 1. The van der Waals surface area contributed by atoms with Crippen LogP contribution < -0.4 is 30.8 Å². The molecule has 384 valence electrons. The Labute approximate surface area is 418 Å². The number of alkyl carbamates (subject to hydrolysis) is 1. The minimum atomic E-state index is -4.35. The molecule has 20 nitrogen and oxygen atoms in total. The number of aromatic nitrogens is 1. The number of esters is 1. The Bertz CT molecular complexity index is 2960. The van der Waals surface area contributed by atoms with E-state index < -0.39 is 56.0 Å². The van der Waals surface area contributed by atoms with Crippen LogP contribution in [-0.2, 0) is 68.7 Å². The highest BCUT2D eigenvalue weighted by molar-refractivity contribution is 7.89. The molecule has 72 heavy (non-hydrogen) atoms. The minimum absolute atomic E-state index is 0.0386. The number of amidine groups is 1. The molecule has 0 fully saturated rings. The van der Waals surface area contributed by atoms with E-state index in [4.69, 9.17) is 23.7 Å². The van der Waals surface area contributed by atoms with Crippen LogP contribution in [0.1, 0.15) is 40.7 Å². The summed E-state index contributed by atoms with van der Waals surface area (Å²) in [5, 5.41) is 8.52. The summed E-state index contributed by atoms with van der Waals surface area (Å²) in [5.41, 5.74) is 2.81. The highest BCUT2D eigenvalue weighted by atomic mass is 32.2. The third-order valence-corrected chi connectivity index (χ3v) is 14.0. The maximum absolute atomic E-state index is 13.5. The summed E-state index contributed by atoms with van der Waals surface area (Å²) in [7, 11) is -5.42. The fourth-order valence-electron chi connectivity index (χ4n) is 7.13. The van der Waals surface area contributed by atoms with Gasteiger partial charge in [0.15, 0.2) is 0 Å². The topological polar surface area (TPSA) is 260 Å². The predicted molar refractivity (Wildman–Crippen MR) is 269 cm³/mol. The van der Waals surface area contributed by atoms with Crippen LogP contribution in [0.3, 0.4) is 0 Å². The summed E-state index contributed by atoms with van der Waals surface area (Å²) < 4.78 is 85.8. The monoisotopic (exact) mass is 1030 g/mol. The fourth-order valence-corrected chi connectivity index (χ4v) is 9.39. The lowest BCUT2D eigenvalue weighted by Crippen LogP contribution is -2.49. The number of nitrogens with zero attached hydrogens (tertiary/aromatic N) is 2. The van der Waals surface area contributed by atoms with Crippen molar-refractivity contribution in [3.63, 3.8) is 0 Å². The van der Waals surface area contributed by atoms with Gasteiger partial charge in [0.05, 0.1) is 55.4 Å². The van der Waals surface area contributed by atoms with Gasteiger partial charge in [0, 0.05) is 57.9 Å². The molecule has 0 saturated heterocycles. The first-order valence-electron chi connectivity index (χ1n) is 23.1. The van der Waals surface area contributed by atoms with Gasteiger partial charge < -0.3 is 44.2 Å². The van der Waals surface area contributed by atoms with Crippen LogP contribution in [0.15, 0.2) is 135 Å². The van der Waals surface area contributed by atoms with E-state index in [0.29, 0.717) is 94.0 Å². The normalized spacial score (nSPS) is 13.4. The standard InChI is InChI=1S/C50H59N7O13S2/c1-57-34-43(47(58)42-21-12-37(31-45(42)57)32-53-46-11-6-22-51-46)48(59)54-33-44(49(60)66-2)56-72(64,65)41-19-15-39(16-20-41)38-13-17-40(18-14-38)71(62,63)55-24-8-26-68-28-30-69-29-27-67-25-7-23-52-50(61)70-35-36-9-4-3-5-10-36/h3-6,9-10,12-22,31,34,44,55-56H,7-8,11,23-30,32-33,35H2,1-2H3,(H,51,53)(H,52,61)(H,54,59). The molecule has 0 spiro atoms. The predicted octanol–water partition coefficient (Wildman–Crippen LogP) is 3.90. The molecule has 0 radical (unpaired) electrons. The fraction of sp³-hybridized carbons (Fsp3) is 0.340. The Morgan fingerprint density at radius 2 is 1.38 bits per heavy atom. The van der Waals surface area contributed by atoms with Gasteiger partial charge in [0.1, 0.15) is 24.0 Å². The van der Waals surface area contributed by atoms with Crippen molar-refractivity contribution in [1.29, 1.82) is 0 Å². The highest BCUT2D eigenvalue weighted by Crippen LogP contribution is 2.24. The molecule has 1 atom stereocenters. The lowest BCUT2D eigenvalue weighted by Gasteiger charge is -2.18. The van der Waals surface area contributed by atoms with Gasteiger partial charge in [-0.05, 0) is 77.7 Å². The summed E-state index contributed by atoms with van der Waals surface area (Å²) in [6, 6.07) is 24.8. The number of hydrogen-bond acceptors (Lipinski definition) is 14. The molecule has 4 aromatic carbocycles. The molecule has 22 heteroatoms. The summed E-state index contributed by atoms with van der Waals surface area (Å²) >= 11 is 0. The molecule has 1 unspecified atom stereocenters. The molecule has 1 aromatic heterocycles. The first-order valence-corrected chi connectivity index (χ1v) is 26.0. The minimum Gasteiger partial charge on any atom is -0.468 e. The van der Waals surface area contributed by atoms with E-state index in [9.17, 15) is 36.0 Å². The summed E-state index contributed by atoms with van der Waals surface area (Å²) in [6.07, 6.45) is 6.44. The third-order valence-electron chi connectivity index (χ3n) is 11.0. The molecule has 1 aliphatic rings. The largest absolute Gasteiger partial charge is 0.468 e. The average Bonchev–Trinajstić information content (AvgIpc) is 3.92. The molecular weight excluding hydrogens is 971 g/mol. The van der Waals surface area contributed by atoms with Crippen LogP contribution in [0.5, 0.6) is 0 Å². The number of aryl methyl sites for hydroxylation is 1. The molecular formula is C50H59N7O13S2. The Morgan fingerprint density at radius 3 is 2.00 bits per heavy atom. The zero-order valence-corrected chi connectivity index (χ0v) is 41.6. The van der Waals surface area contributed by atoms with Crippen LogP contribution in [0.2, 0.25) is 0 Å². The number of carbonyl (C=O) groups is 3. The molecule has 0 aliphatic carbocycles. The number of carbonyl (C=O) groups excluding carboxylic acids is 3. The SMILES string of the molecule is COC(=O)C(CNC(=O)c1cn(C)c2cc(CN=C3CC=CN3)ccc2c1=O)NS(=O)(=O)c1ccc(-c2ccc(S(=O)(=O)NCCCOCCOCCOCCCNC(=O)OCc3ccccc3)cc2)cc1. The molecule has 1 aliphatic heterocycles. The number of nitrogens with one attached hydrogen (secondary N) is 5. The molecule has 6 rings (SSSR count). The van der Waals surface area contributed by atoms with Crippen molar-refractivity contribution in [3.05, 3.63) is 142 Å². The molecule has 2 amide bonds. The quantitative estimate of drug-likeness (QED) is 0.0352.